The largest absolute Gasteiger partial charge is 0.486 e. The smallest absolute Gasteiger partial charge is 0.242 e. The molecule has 1 amide bonds. The number of dihydropyridines is 1. The summed E-state index contributed by atoms with van der Waals surface area (Å²) in [6.45, 7) is 0.200. The van der Waals surface area contributed by atoms with Crippen molar-refractivity contribution in [2.75, 3.05) is 64.7 Å². The van der Waals surface area contributed by atoms with Gasteiger partial charge in [0.25, 0.3) is 0 Å². The molecule has 17 N–H and O–H groups in total. The third-order valence-corrected chi connectivity index (χ3v) is 20.5. The van der Waals surface area contributed by atoms with Crippen molar-refractivity contribution in [1.82, 2.24) is 37.4 Å². The molecule has 3 saturated heterocycles. The number of anilines is 1. The molecule has 0 aromatic heterocycles. The number of aliphatic hydroxyl groups is 8. The molecule has 7 heterocycles. The zero-order valence-corrected chi connectivity index (χ0v) is 53.4. The van der Waals surface area contributed by atoms with E-state index in [1.165, 1.54) is 18.2 Å². The summed E-state index contributed by atoms with van der Waals surface area (Å²) >= 11 is 0. The molecule has 4 aromatic carbocycles. The number of carbonyl (C=O) groups excluding carboxylic acids is 4. The lowest BCUT2D eigenvalue weighted by Crippen LogP contribution is -2.70. The van der Waals surface area contributed by atoms with Gasteiger partial charge in [-0.15, -0.1) is 0 Å². The van der Waals surface area contributed by atoms with E-state index in [-0.39, 0.29) is 97.5 Å². The molecule has 7 aliphatic heterocycles. The van der Waals surface area contributed by atoms with Gasteiger partial charge >= 0.3 is 0 Å². The van der Waals surface area contributed by atoms with Gasteiger partial charge in [0.15, 0.2) is 28.7 Å². The molecule has 96 heavy (non-hydrogen) atoms. The first-order valence-corrected chi connectivity index (χ1v) is 33.1. The van der Waals surface area contributed by atoms with Gasteiger partial charge in [-0.3, -0.25) is 30.8 Å². The second-order valence-corrected chi connectivity index (χ2v) is 26.7. The SMILES string of the molecule is CNCc1cc2c3c(c1)[C@@H]([C@@H](CO)CC3)[C@@H](O)[C@@H](C1=CCNC(NNC[C@H](C)O)=C1)CO[C@@H]1[C@H]3Oc4c(cc5c(c4OC[C@H](O)CC=O)C(=O)c4cc(CO)ccc4C5=O)[C@@H](c4ccccc4N4CN[C@@H]5C(=O)N[C@H](N)N[C@H]54)[C@@H]4CC[C@H](O)[C@H](C#C[C@](O)([C@H](COC4)O3)[C@H]1O)C2. The number of rotatable bonds is 16. The number of hydrogen-bond donors (Lipinski definition) is 16. The van der Waals surface area contributed by atoms with Crippen LogP contribution < -0.4 is 57.5 Å². The van der Waals surface area contributed by atoms with Crippen LogP contribution in [0.3, 0.4) is 0 Å². The number of benzene rings is 4. The van der Waals surface area contributed by atoms with Crippen molar-refractivity contribution in [2.45, 2.75) is 144 Å². The van der Waals surface area contributed by atoms with Crippen LogP contribution in [0, 0.1) is 35.5 Å². The highest BCUT2D eigenvalue weighted by molar-refractivity contribution is 6.29. The Morgan fingerprint density at radius 1 is 0.948 bits per heavy atom. The van der Waals surface area contributed by atoms with E-state index in [1.807, 2.05) is 42.3 Å². The molecule has 26 nitrogen and oxygen atoms in total. The Morgan fingerprint density at radius 3 is 2.57 bits per heavy atom. The summed E-state index contributed by atoms with van der Waals surface area (Å²) in [6, 6.07) is 16.7. The van der Waals surface area contributed by atoms with Crippen molar-refractivity contribution in [3.63, 3.8) is 0 Å². The summed E-state index contributed by atoms with van der Waals surface area (Å²) in [5.41, 5.74) is 15.1. The number of hydrogen-bond acceptors (Lipinski definition) is 25. The van der Waals surface area contributed by atoms with Gasteiger partial charge in [0.2, 0.25) is 12.2 Å². The van der Waals surface area contributed by atoms with Gasteiger partial charge in [-0.1, -0.05) is 54.3 Å². The molecule has 13 rings (SSSR count). The molecule has 26 heteroatoms. The summed E-state index contributed by atoms with van der Waals surface area (Å²) in [4.78, 5) is 58.8. The van der Waals surface area contributed by atoms with Crippen molar-refractivity contribution >= 4 is 29.4 Å². The average Bonchev–Trinajstić information content (AvgIpc) is 0.958. The number of aliphatic hydroxyl groups excluding tert-OH is 7. The highest BCUT2D eigenvalue weighted by atomic mass is 16.7. The molecular weight excluding hydrogens is 1240 g/mol. The maximum absolute atomic E-state index is 15.6. The number of ether oxygens (including phenoxy) is 5. The Morgan fingerprint density at radius 2 is 1.78 bits per heavy atom. The first-order chi connectivity index (χ1) is 46.4. The third kappa shape index (κ3) is 12.7. The molecule has 0 spiro atoms. The fourth-order valence-corrected chi connectivity index (χ4v) is 15.7. The molecular formula is C70H85N9O17. The van der Waals surface area contributed by atoms with Crippen LogP contribution in [0.15, 0.2) is 84.2 Å². The fraction of sp³-hybridized carbons (Fsp3) is 0.514. The molecule has 0 radical (unpaired) electrons. The van der Waals surface area contributed by atoms with E-state index < -0.39 is 153 Å². The molecule has 512 valence electrons. The van der Waals surface area contributed by atoms with Gasteiger partial charge in [0.1, 0.15) is 55.5 Å². The highest BCUT2D eigenvalue weighted by Gasteiger charge is 2.58. The highest BCUT2D eigenvalue weighted by Crippen LogP contribution is 2.53. The van der Waals surface area contributed by atoms with Crippen LogP contribution in [0.25, 0.3) is 0 Å². The number of amides is 1. The van der Waals surface area contributed by atoms with Gasteiger partial charge in [-0.05, 0) is 127 Å². The van der Waals surface area contributed by atoms with Gasteiger partial charge in [-0.2, -0.15) is 0 Å². The normalized spacial score (nSPS) is 32.1. The summed E-state index contributed by atoms with van der Waals surface area (Å²) in [7, 11) is 1.83. The second kappa shape index (κ2) is 28.3. The summed E-state index contributed by atoms with van der Waals surface area (Å²) < 4.78 is 35.0. The summed E-state index contributed by atoms with van der Waals surface area (Å²) in [5.74, 6) is -0.472. The van der Waals surface area contributed by atoms with E-state index in [0.29, 0.717) is 53.9 Å². The standard InChI is InChI=1S/C70H85N9O17/c1-34(83)25-75-78-54-23-37(14-17-73-54)50-31-94-64-65(89)70(91)16-13-38(22-41-19-36(26-72-2)21-46-43(41)11-8-39(28-82)56(46)61(50)88)52(85)12-9-40-29-92-32-53(70)95-68(64)96-62-49(55(40)45-5-3-4-6-51(45)79-33-74-58-66(79)76-69(71)77-67(58)90)24-48-57(63(62)93-30-42(84)15-18-80)60(87)47-20-35(27-81)7-10-44(47)59(48)86/h3-7,10,14,18-21,23-24,34,38-40,42,50,52-53,55-56,58,61,64-66,68-69,72-76,78,81-85,88-89,91H,8-9,11-12,15,17,22,25-33,71H2,1-2H3,(H,77,90)/t34-,38+,39+,40+,42+,50+,52-,53-,55+,56+,58-,61-,64-,65-,66-,68+,69+,70-/m0/s1. The second-order valence-electron chi connectivity index (χ2n) is 26.7. The maximum atomic E-state index is 15.6. The van der Waals surface area contributed by atoms with Crippen LogP contribution in [-0.2, 0) is 49.8 Å². The van der Waals surface area contributed by atoms with Crippen molar-refractivity contribution in [2.24, 2.45) is 29.4 Å². The minimum absolute atomic E-state index is 0.0153. The topological polar surface area (TPSA) is 390 Å². The molecule has 0 unspecified atom stereocenters. The molecule has 0 saturated carbocycles. The van der Waals surface area contributed by atoms with Crippen LogP contribution in [0.5, 0.6) is 11.5 Å². The van der Waals surface area contributed by atoms with E-state index in [2.05, 4.69) is 61.4 Å². The van der Waals surface area contributed by atoms with E-state index in [4.69, 9.17) is 29.4 Å². The lowest BCUT2D eigenvalue weighted by molar-refractivity contribution is -0.310. The number of para-hydroxylation sites is 1. The van der Waals surface area contributed by atoms with Gasteiger partial charge in [-0.25, -0.2) is 5.43 Å². The zero-order chi connectivity index (χ0) is 67.3. The van der Waals surface area contributed by atoms with Gasteiger partial charge in [0.05, 0.1) is 69.0 Å². The zero-order valence-electron chi connectivity index (χ0n) is 53.4. The number of nitrogens with zero attached hydrogens (tertiary/aromatic N) is 1. The Bertz CT molecular complexity index is 3760. The van der Waals surface area contributed by atoms with Crippen LogP contribution in [0.1, 0.15) is 115 Å². The number of aldehydes is 1. The van der Waals surface area contributed by atoms with Crippen molar-refractivity contribution in [3.05, 3.63) is 145 Å². The molecule has 10 bridgehead atoms. The first-order valence-electron chi connectivity index (χ1n) is 33.1. The lowest BCUT2D eigenvalue weighted by atomic mass is 9.67. The molecule has 4 aromatic rings. The Kier molecular flexibility index (Phi) is 19.9. The summed E-state index contributed by atoms with van der Waals surface area (Å²) in [6.07, 6.45) is -8.70. The fourth-order valence-electron chi connectivity index (χ4n) is 15.7. The predicted molar refractivity (Wildman–Crippen MR) is 345 cm³/mol. The monoisotopic (exact) mass is 1320 g/mol. The third-order valence-electron chi connectivity index (χ3n) is 20.5. The minimum Gasteiger partial charge on any atom is -0.486 e. The van der Waals surface area contributed by atoms with Gasteiger partial charge < -0.3 is 95.6 Å². The number of allylic oxidation sites excluding steroid dienone is 1. The first kappa shape index (κ1) is 67.3. The Labute approximate surface area is 554 Å². The number of carbonyl (C=O) groups is 4. The van der Waals surface area contributed by atoms with E-state index in [9.17, 15) is 50.4 Å². The Hall–Kier alpha value is -7.24. The number of fused-ring (bicyclic) bond motifs is 11. The Balaban J connectivity index is 1.07. The van der Waals surface area contributed by atoms with Crippen molar-refractivity contribution in [1.29, 1.82) is 0 Å². The van der Waals surface area contributed by atoms with Crippen LogP contribution in [0.2, 0.25) is 0 Å². The van der Waals surface area contributed by atoms with E-state index in [1.54, 1.807) is 19.1 Å². The number of hydrazine groups is 1. The maximum Gasteiger partial charge on any atom is 0.242 e. The molecule has 3 fully saturated rings. The number of nitrogens with one attached hydrogen (secondary N) is 7. The lowest BCUT2D eigenvalue weighted by Gasteiger charge is -2.47. The van der Waals surface area contributed by atoms with Crippen LogP contribution in [0.4, 0.5) is 5.69 Å². The van der Waals surface area contributed by atoms with Crippen molar-refractivity contribution in [3.8, 4) is 23.3 Å². The van der Waals surface area contributed by atoms with Crippen LogP contribution in [-0.4, -0.2) is 198 Å². The van der Waals surface area contributed by atoms with Crippen LogP contribution >= 0.6 is 0 Å². The van der Waals surface area contributed by atoms with E-state index >= 15 is 9.59 Å². The van der Waals surface area contributed by atoms with E-state index in [0.717, 1.165) is 22.3 Å². The number of nitrogens with two attached hydrogens (primary N) is 1. The quantitative estimate of drug-likeness (QED) is 0.0316. The predicted octanol–water partition coefficient (Wildman–Crippen LogP) is -1.12. The molecule has 18 atom stereocenters. The molecule has 2 aliphatic carbocycles. The average molecular weight is 1320 g/mol. The molecule has 9 aliphatic rings. The van der Waals surface area contributed by atoms with Crippen molar-refractivity contribution < 1.29 is 83.7 Å². The van der Waals surface area contributed by atoms with Gasteiger partial charge in [0, 0.05) is 78.4 Å². The number of ketones is 2. The minimum atomic E-state index is -2.58. The summed E-state index contributed by atoms with van der Waals surface area (Å²) in [5, 5.41) is 113.